The molecule has 0 aromatic heterocycles. The lowest BCUT2D eigenvalue weighted by Gasteiger charge is -2.14. The van der Waals surface area contributed by atoms with E-state index in [1.54, 1.807) is 0 Å². The molecule has 0 heterocycles. The fourth-order valence-corrected chi connectivity index (χ4v) is 2.03. The maximum Gasteiger partial charge on any atom is 0.417 e. The van der Waals surface area contributed by atoms with Crippen LogP contribution in [0.5, 0.6) is 0 Å². The zero-order chi connectivity index (χ0) is 11.8. The standard InChI is InChI=1S/C9H5BrF4O/c1-4-2-6(11)5(3-15)8(10)7(4)9(12,13)14/h2-3H,1H3. The zero-order valence-electron chi connectivity index (χ0n) is 7.45. The van der Waals surface area contributed by atoms with Crippen LogP contribution in [0.3, 0.4) is 0 Å². The van der Waals surface area contributed by atoms with Crippen molar-refractivity contribution in [1.29, 1.82) is 0 Å². The van der Waals surface area contributed by atoms with Gasteiger partial charge in [-0.15, -0.1) is 0 Å². The molecule has 0 aliphatic carbocycles. The summed E-state index contributed by atoms with van der Waals surface area (Å²) >= 11 is 2.59. The molecule has 1 rings (SSSR count). The summed E-state index contributed by atoms with van der Waals surface area (Å²) in [6.45, 7) is 1.13. The summed E-state index contributed by atoms with van der Waals surface area (Å²) in [5, 5.41) is 0. The molecule has 0 radical (unpaired) electrons. The number of alkyl halides is 3. The van der Waals surface area contributed by atoms with E-state index in [1.807, 2.05) is 0 Å². The maximum absolute atomic E-state index is 13.1. The monoisotopic (exact) mass is 284 g/mol. The van der Waals surface area contributed by atoms with Crippen molar-refractivity contribution in [3.63, 3.8) is 0 Å². The zero-order valence-corrected chi connectivity index (χ0v) is 9.04. The van der Waals surface area contributed by atoms with Crippen molar-refractivity contribution in [2.24, 2.45) is 0 Å². The first-order chi connectivity index (χ1) is 6.79. The fraction of sp³-hybridized carbons (Fsp3) is 0.222. The summed E-state index contributed by atoms with van der Waals surface area (Å²) < 4.78 is 50.0. The van der Waals surface area contributed by atoms with E-state index < -0.39 is 27.6 Å². The van der Waals surface area contributed by atoms with Crippen molar-refractivity contribution in [3.05, 3.63) is 33.0 Å². The number of benzene rings is 1. The van der Waals surface area contributed by atoms with Crippen LogP contribution < -0.4 is 0 Å². The van der Waals surface area contributed by atoms with Gasteiger partial charge >= 0.3 is 6.18 Å². The molecule has 0 fully saturated rings. The first kappa shape index (κ1) is 12.2. The third kappa shape index (κ3) is 2.19. The van der Waals surface area contributed by atoms with E-state index in [2.05, 4.69) is 15.9 Å². The van der Waals surface area contributed by atoms with Crippen molar-refractivity contribution < 1.29 is 22.4 Å². The summed E-state index contributed by atoms with van der Waals surface area (Å²) in [5.74, 6) is -0.970. The summed E-state index contributed by atoms with van der Waals surface area (Å²) in [7, 11) is 0. The molecule has 0 saturated carbocycles. The van der Waals surface area contributed by atoms with Crippen LogP contribution in [0.1, 0.15) is 21.5 Å². The molecule has 0 saturated heterocycles. The molecule has 1 nitrogen and oxygen atoms in total. The smallest absolute Gasteiger partial charge is 0.298 e. The molecule has 0 aliphatic heterocycles. The van der Waals surface area contributed by atoms with Crippen molar-refractivity contribution in [1.82, 2.24) is 0 Å². The third-order valence-electron chi connectivity index (χ3n) is 1.85. The Hall–Kier alpha value is -0.910. The van der Waals surface area contributed by atoms with Crippen LogP contribution in [0.25, 0.3) is 0 Å². The lowest BCUT2D eigenvalue weighted by Crippen LogP contribution is -2.11. The fourth-order valence-electron chi connectivity index (χ4n) is 1.21. The number of hydrogen-bond donors (Lipinski definition) is 0. The molecule has 82 valence electrons. The minimum absolute atomic E-state index is 0.0497. The van der Waals surface area contributed by atoms with Crippen LogP contribution in [0.2, 0.25) is 0 Å². The van der Waals surface area contributed by atoms with Crippen molar-refractivity contribution in [2.45, 2.75) is 13.1 Å². The van der Waals surface area contributed by atoms with Crippen LogP contribution in [-0.4, -0.2) is 6.29 Å². The number of carbonyl (C=O) groups excluding carboxylic acids is 1. The quantitative estimate of drug-likeness (QED) is 0.567. The Bertz CT molecular complexity index is 412. The Morgan fingerprint density at radius 2 is 1.93 bits per heavy atom. The van der Waals surface area contributed by atoms with Crippen LogP contribution in [0.4, 0.5) is 17.6 Å². The van der Waals surface area contributed by atoms with Crippen LogP contribution in [-0.2, 0) is 6.18 Å². The summed E-state index contributed by atoms with van der Waals surface area (Å²) in [6, 6.07) is 0.692. The van der Waals surface area contributed by atoms with Crippen molar-refractivity contribution in [3.8, 4) is 0 Å². The minimum atomic E-state index is -4.62. The van der Waals surface area contributed by atoms with E-state index in [-0.39, 0.29) is 11.8 Å². The molecule has 6 heteroatoms. The first-order valence-electron chi connectivity index (χ1n) is 3.80. The van der Waals surface area contributed by atoms with Gasteiger partial charge < -0.3 is 0 Å². The largest absolute Gasteiger partial charge is 0.417 e. The van der Waals surface area contributed by atoms with Crippen LogP contribution >= 0.6 is 15.9 Å². The number of halogens is 5. The van der Waals surface area contributed by atoms with Crippen molar-refractivity contribution >= 4 is 22.2 Å². The van der Waals surface area contributed by atoms with E-state index in [0.717, 1.165) is 6.92 Å². The highest BCUT2D eigenvalue weighted by Gasteiger charge is 2.36. The maximum atomic E-state index is 13.1. The lowest BCUT2D eigenvalue weighted by atomic mass is 10.0. The minimum Gasteiger partial charge on any atom is -0.298 e. The van der Waals surface area contributed by atoms with Gasteiger partial charge in [0, 0.05) is 4.47 Å². The van der Waals surface area contributed by atoms with Gasteiger partial charge in [-0.1, -0.05) is 0 Å². The molecule has 0 unspecified atom stereocenters. The Labute approximate surface area is 91.2 Å². The number of carbonyl (C=O) groups is 1. The van der Waals surface area contributed by atoms with Crippen LogP contribution in [0.15, 0.2) is 10.5 Å². The van der Waals surface area contributed by atoms with Gasteiger partial charge in [-0.3, -0.25) is 4.79 Å². The number of hydrogen-bond acceptors (Lipinski definition) is 1. The average Bonchev–Trinajstić information content (AvgIpc) is 2.00. The van der Waals surface area contributed by atoms with Gasteiger partial charge in [0.1, 0.15) is 5.82 Å². The van der Waals surface area contributed by atoms with Gasteiger partial charge in [-0.2, -0.15) is 13.2 Å². The predicted octanol–water partition coefficient (Wildman–Crippen LogP) is 3.73. The Kier molecular flexibility index (Phi) is 3.18. The van der Waals surface area contributed by atoms with Gasteiger partial charge in [0.2, 0.25) is 0 Å². The van der Waals surface area contributed by atoms with E-state index in [4.69, 9.17) is 0 Å². The van der Waals surface area contributed by atoms with Gasteiger partial charge in [-0.05, 0) is 34.5 Å². The van der Waals surface area contributed by atoms with Gasteiger partial charge in [0.15, 0.2) is 6.29 Å². The highest BCUT2D eigenvalue weighted by atomic mass is 79.9. The normalized spacial score (nSPS) is 11.6. The Morgan fingerprint density at radius 3 is 2.33 bits per heavy atom. The summed E-state index contributed by atoms with van der Waals surface area (Å²) in [6.07, 6.45) is -4.57. The number of rotatable bonds is 1. The summed E-state index contributed by atoms with van der Waals surface area (Å²) in [4.78, 5) is 10.4. The molecule has 1 aromatic rings. The SMILES string of the molecule is Cc1cc(F)c(C=O)c(Br)c1C(F)(F)F. The predicted molar refractivity (Wildman–Crippen MR) is 49.2 cm³/mol. The Morgan fingerprint density at radius 1 is 1.40 bits per heavy atom. The second kappa shape index (κ2) is 3.92. The summed E-state index contributed by atoms with van der Waals surface area (Å²) in [5.41, 5.74) is -1.91. The highest BCUT2D eigenvalue weighted by molar-refractivity contribution is 9.10. The van der Waals surface area contributed by atoms with Gasteiger partial charge in [-0.25, -0.2) is 4.39 Å². The third-order valence-corrected chi connectivity index (χ3v) is 2.68. The average molecular weight is 285 g/mol. The van der Waals surface area contributed by atoms with E-state index in [0.29, 0.717) is 6.07 Å². The van der Waals surface area contributed by atoms with Gasteiger partial charge in [0.05, 0.1) is 11.1 Å². The second-order valence-corrected chi connectivity index (χ2v) is 3.69. The van der Waals surface area contributed by atoms with E-state index >= 15 is 0 Å². The van der Waals surface area contributed by atoms with E-state index in [9.17, 15) is 22.4 Å². The number of aryl methyl sites for hydroxylation is 1. The van der Waals surface area contributed by atoms with Gasteiger partial charge in [0.25, 0.3) is 0 Å². The molecule has 0 N–H and O–H groups in total. The Balaban J connectivity index is 3.60. The molecular formula is C9H5BrF4O. The first-order valence-corrected chi connectivity index (χ1v) is 4.59. The second-order valence-electron chi connectivity index (χ2n) is 2.89. The topological polar surface area (TPSA) is 17.1 Å². The number of aldehydes is 1. The lowest BCUT2D eigenvalue weighted by molar-refractivity contribution is -0.138. The highest BCUT2D eigenvalue weighted by Crippen LogP contribution is 2.39. The van der Waals surface area contributed by atoms with Crippen LogP contribution in [0, 0.1) is 12.7 Å². The molecule has 1 aromatic carbocycles. The molecule has 0 aliphatic rings. The molecule has 15 heavy (non-hydrogen) atoms. The molecular weight excluding hydrogens is 280 g/mol. The molecule has 0 atom stereocenters. The molecule has 0 spiro atoms. The molecule has 0 bridgehead atoms. The molecule has 0 amide bonds. The van der Waals surface area contributed by atoms with E-state index in [1.165, 1.54) is 0 Å². The van der Waals surface area contributed by atoms with Crippen molar-refractivity contribution in [2.75, 3.05) is 0 Å².